The molecule has 6 nitrogen and oxygen atoms in total. The van der Waals surface area contributed by atoms with E-state index in [1.54, 1.807) is 14.0 Å². The number of ether oxygens (including phenoxy) is 2. The summed E-state index contributed by atoms with van der Waals surface area (Å²) in [5.41, 5.74) is 2.81. The van der Waals surface area contributed by atoms with Gasteiger partial charge in [0.15, 0.2) is 11.9 Å². The number of fused-ring (bicyclic) bond motifs is 1. The van der Waals surface area contributed by atoms with Crippen LogP contribution in [0, 0.1) is 0 Å². The number of nitrogens with zero attached hydrogens (tertiary/aromatic N) is 1. The van der Waals surface area contributed by atoms with Crippen molar-refractivity contribution in [3.05, 3.63) is 72.8 Å². The largest absolute Gasteiger partial charge is 0.496 e. The molecule has 1 heterocycles. The standard InChI is InChI=1S/C23H21N3O3/c1-15(29-17-8-4-3-5-9-17)23(27)24-22-19-13-12-16(14-20(19)25-26-22)18-10-6-7-11-21(18)28-2/h3-15H,1-2H3,(H2,24,25,26,27). The van der Waals surface area contributed by atoms with Gasteiger partial charge in [0.05, 0.1) is 12.6 Å². The molecule has 0 radical (unpaired) electrons. The van der Waals surface area contributed by atoms with Crippen LogP contribution in [0.2, 0.25) is 0 Å². The quantitative estimate of drug-likeness (QED) is 0.505. The number of nitrogens with one attached hydrogen (secondary N) is 2. The zero-order valence-electron chi connectivity index (χ0n) is 16.2. The molecule has 146 valence electrons. The van der Waals surface area contributed by atoms with Crippen molar-refractivity contribution in [1.82, 2.24) is 10.2 Å². The fraction of sp³-hybridized carbons (Fsp3) is 0.130. The molecule has 6 heteroatoms. The number of carbonyl (C=O) groups is 1. The summed E-state index contributed by atoms with van der Waals surface area (Å²) in [7, 11) is 1.65. The van der Waals surface area contributed by atoms with E-state index in [0.29, 0.717) is 11.6 Å². The van der Waals surface area contributed by atoms with E-state index in [9.17, 15) is 4.79 Å². The van der Waals surface area contributed by atoms with Crippen LogP contribution in [-0.4, -0.2) is 29.3 Å². The van der Waals surface area contributed by atoms with Crippen LogP contribution in [0.25, 0.3) is 22.0 Å². The zero-order chi connectivity index (χ0) is 20.2. The maximum Gasteiger partial charge on any atom is 0.266 e. The lowest BCUT2D eigenvalue weighted by Crippen LogP contribution is -2.30. The Balaban J connectivity index is 1.54. The molecule has 0 bridgehead atoms. The van der Waals surface area contributed by atoms with E-state index >= 15 is 0 Å². The van der Waals surface area contributed by atoms with Crippen LogP contribution in [0.4, 0.5) is 5.82 Å². The predicted octanol–water partition coefficient (Wildman–Crippen LogP) is 4.64. The van der Waals surface area contributed by atoms with E-state index in [4.69, 9.17) is 9.47 Å². The summed E-state index contributed by atoms with van der Waals surface area (Å²) >= 11 is 0. The molecule has 3 aromatic carbocycles. The molecule has 0 saturated carbocycles. The minimum Gasteiger partial charge on any atom is -0.496 e. The van der Waals surface area contributed by atoms with Crippen molar-refractivity contribution in [3.8, 4) is 22.6 Å². The van der Waals surface area contributed by atoms with E-state index in [2.05, 4.69) is 15.5 Å². The molecule has 2 N–H and O–H groups in total. The lowest BCUT2D eigenvalue weighted by Gasteiger charge is -2.13. The number of benzene rings is 3. The molecule has 0 aliphatic carbocycles. The maximum atomic E-state index is 12.5. The van der Waals surface area contributed by atoms with Gasteiger partial charge < -0.3 is 14.8 Å². The fourth-order valence-electron chi connectivity index (χ4n) is 3.14. The second-order valence-electron chi connectivity index (χ2n) is 6.60. The van der Waals surface area contributed by atoms with E-state index in [0.717, 1.165) is 27.8 Å². The number of anilines is 1. The molecule has 29 heavy (non-hydrogen) atoms. The summed E-state index contributed by atoms with van der Waals surface area (Å²) < 4.78 is 11.1. The summed E-state index contributed by atoms with van der Waals surface area (Å²) in [5, 5.41) is 10.9. The number of aromatic nitrogens is 2. The van der Waals surface area contributed by atoms with Crippen LogP contribution >= 0.6 is 0 Å². The van der Waals surface area contributed by atoms with Crippen LogP contribution in [0.15, 0.2) is 72.8 Å². The highest BCUT2D eigenvalue weighted by Crippen LogP contribution is 2.32. The number of aromatic amines is 1. The Bertz CT molecular complexity index is 1140. The van der Waals surface area contributed by atoms with Crippen molar-refractivity contribution in [2.45, 2.75) is 13.0 Å². The molecular formula is C23H21N3O3. The molecule has 0 saturated heterocycles. The van der Waals surface area contributed by atoms with Gasteiger partial charge in [-0.05, 0) is 42.8 Å². The smallest absolute Gasteiger partial charge is 0.266 e. The highest BCUT2D eigenvalue weighted by Gasteiger charge is 2.18. The lowest BCUT2D eigenvalue weighted by atomic mass is 10.0. The molecule has 0 aliphatic heterocycles. The third-order valence-corrected chi connectivity index (χ3v) is 4.65. The Kier molecular flexibility index (Phi) is 5.16. The SMILES string of the molecule is COc1ccccc1-c1ccc2c(NC(=O)C(C)Oc3ccccc3)n[nH]c2c1. The average molecular weight is 387 g/mol. The highest BCUT2D eigenvalue weighted by atomic mass is 16.5. The average Bonchev–Trinajstić information content (AvgIpc) is 3.16. The van der Waals surface area contributed by atoms with Crippen LogP contribution < -0.4 is 14.8 Å². The van der Waals surface area contributed by atoms with E-state index < -0.39 is 6.10 Å². The number of para-hydroxylation sites is 2. The normalized spacial score (nSPS) is 11.8. The van der Waals surface area contributed by atoms with Gasteiger partial charge in [0.25, 0.3) is 5.91 Å². The van der Waals surface area contributed by atoms with E-state index in [-0.39, 0.29) is 5.91 Å². The minimum absolute atomic E-state index is 0.268. The molecule has 1 amide bonds. The summed E-state index contributed by atoms with van der Waals surface area (Å²) in [6.07, 6.45) is -0.656. The Labute approximate surface area is 168 Å². The molecule has 1 atom stereocenters. The van der Waals surface area contributed by atoms with Crippen LogP contribution in [0.3, 0.4) is 0 Å². The Morgan fingerprint density at radius 2 is 1.79 bits per heavy atom. The van der Waals surface area contributed by atoms with Gasteiger partial charge in [-0.2, -0.15) is 5.10 Å². The molecule has 1 unspecified atom stereocenters. The second-order valence-corrected chi connectivity index (χ2v) is 6.60. The topological polar surface area (TPSA) is 76.2 Å². The van der Waals surface area contributed by atoms with Gasteiger partial charge in [-0.15, -0.1) is 0 Å². The second kappa shape index (κ2) is 8.06. The zero-order valence-corrected chi connectivity index (χ0v) is 16.2. The molecule has 4 aromatic rings. The summed E-state index contributed by atoms with van der Waals surface area (Å²) in [6.45, 7) is 1.71. The van der Waals surface area contributed by atoms with Crippen molar-refractivity contribution in [2.75, 3.05) is 12.4 Å². The van der Waals surface area contributed by atoms with Crippen molar-refractivity contribution < 1.29 is 14.3 Å². The Morgan fingerprint density at radius 3 is 2.59 bits per heavy atom. The summed E-state index contributed by atoms with van der Waals surface area (Å²) in [4.78, 5) is 12.5. The predicted molar refractivity (Wildman–Crippen MR) is 113 cm³/mol. The molecule has 4 rings (SSSR count). The van der Waals surface area contributed by atoms with Crippen molar-refractivity contribution >= 4 is 22.6 Å². The first-order valence-electron chi connectivity index (χ1n) is 9.30. The Hall–Kier alpha value is -3.80. The fourth-order valence-corrected chi connectivity index (χ4v) is 3.14. The van der Waals surface area contributed by atoms with Crippen molar-refractivity contribution in [2.24, 2.45) is 0 Å². The van der Waals surface area contributed by atoms with Crippen LogP contribution in [0.1, 0.15) is 6.92 Å². The Morgan fingerprint density at radius 1 is 1.03 bits per heavy atom. The number of hydrogen-bond donors (Lipinski definition) is 2. The van der Waals surface area contributed by atoms with E-state index in [1.165, 1.54) is 0 Å². The van der Waals surface area contributed by atoms with Gasteiger partial charge >= 0.3 is 0 Å². The van der Waals surface area contributed by atoms with Gasteiger partial charge in [-0.1, -0.05) is 42.5 Å². The van der Waals surface area contributed by atoms with Crippen molar-refractivity contribution in [3.63, 3.8) is 0 Å². The van der Waals surface area contributed by atoms with Gasteiger partial charge in [0.1, 0.15) is 11.5 Å². The first-order valence-corrected chi connectivity index (χ1v) is 9.30. The van der Waals surface area contributed by atoms with Gasteiger partial charge in [-0.3, -0.25) is 9.89 Å². The molecule has 0 aliphatic rings. The molecular weight excluding hydrogens is 366 g/mol. The first kappa shape index (κ1) is 18.6. The number of carbonyl (C=O) groups excluding carboxylic acids is 1. The molecule has 1 aromatic heterocycles. The minimum atomic E-state index is -0.656. The van der Waals surface area contributed by atoms with Crippen molar-refractivity contribution in [1.29, 1.82) is 0 Å². The summed E-state index contributed by atoms with van der Waals surface area (Å²) in [6, 6.07) is 23.0. The number of H-pyrrole nitrogens is 1. The first-order chi connectivity index (χ1) is 14.2. The third-order valence-electron chi connectivity index (χ3n) is 4.65. The van der Waals surface area contributed by atoms with E-state index in [1.807, 2.05) is 72.8 Å². The molecule has 0 spiro atoms. The van der Waals surface area contributed by atoms with Gasteiger partial charge in [0.2, 0.25) is 0 Å². The van der Waals surface area contributed by atoms with Gasteiger partial charge in [-0.25, -0.2) is 0 Å². The summed E-state index contributed by atoms with van der Waals surface area (Å²) in [5.74, 6) is 1.64. The number of amides is 1. The number of hydrogen-bond acceptors (Lipinski definition) is 4. The maximum absolute atomic E-state index is 12.5. The van der Waals surface area contributed by atoms with Gasteiger partial charge in [0, 0.05) is 10.9 Å². The number of methoxy groups -OCH3 is 1. The highest BCUT2D eigenvalue weighted by molar-refractivity contribution is 6.02. The number of rotatable bonds is 6. The monoisotopic (exact) mass is 387 g/mol. The van der Waals surface area contributed by atoms with Crippen LogP contribution in [0.5, 0.6) is 11.5 Å². The third kappa shape index (κ3) is 3.91. The lowest BCUT2D eigenvalue weighted by molar-refractivity contribution is -0.122. The molecule has 0 fully saturated rings. The van der Waals surface area contributed by atoms with Crippen LogP contribution in [-0.2, 0) is 4.79 Å².